The van der Waals surface area contributed by atoms with E-state index in [4.69, 9.17) is 9.47 Å². The summed E-state index contributed by atoms with van der Waals surface area (Å²) in [6.07, 6.45) is 2.95. The third-order valence-electron chi connectivity index (χ3n) is 5.82. The van der Waals surface area contributed by atoms with E-state index in [1.54, 1.807) is 0 Å². The molecule has 5 nitrogen and oxygen atoms in total. The molecule has 1 amide bonds. The minimum Gasteiger partial charge on any atom is -0.494 e. The molecule has 0 aromatic heterocycles. The fraction of sp³-hybridized carbons (Fsp3) is 0.417. The van der Waals surface area contributed by atoms with Gasteiger partial charge in [0.05, 0.1) is 18.6 Å². The number of ketones is 1. The van der Waals surface area contributed by atoms with Gasteiger partial charge in [0, 0.05) is 32.4 Å². The van der Waals surface area contributed by atoms with Crippen molar-refractivity contribution in [2.75, 3.05) is 19.7 Å². The second-order valence-corrected chi connectivity index (χ2v) is 8.03. The molecule has 4 rings (SSSR count). The molecule has 0 unspecified atom stereocenters. The van der Waals surface area contributed by atoms with Crippen molar-refractivity contribution in [1.29, 1.82) is 0 Å². The van der Waals surface area contributed by atoms with E-state index in [2.05, 4.69) is 0 Å². The van der Waals surface area contributed by atoms with Gasteiger partial charge in [0.25, 0.3) is 0 Å². The Morgan fingerprint density at radius 1 is 1.14 bits per heavy atom. The molecular weight excluding hydrogens is 366 g/mol. The van der Waals surface area contributed by atoms with E-state index < -0.39 is 5.60 Å². The van der Waals surface area contributed by atoms with Crippen LogP contribution >= 0.6 is 0 Å². The van der Waals surface area contributed by atoms with Crippen molar-refractivity contribution in [2.45, 2.75) is 44.6 Å². The molecule has 1 fully saturated rings. The van der Waals surface area contributed by atoms with Crippen molar-refractivity contribution in [1.82, 2.24) is 4.90 Å². The van der Waals surface area contributed by atoms with Crippen LogP contribution in [0.5, 0.6) is 11.5 Å². The summed E-state index contributed by atoms with van der Waals surface area (Å²) >= 11 is 0. The standard InChI is InChI=1S/C24H27NO4/c1-18-9-10-22-20(16-18)21(26)17-24(29-22)11-13-25(14-12-24)23(27)8-5-15-28-19-6-3-2-4-7-19/h2-4,6-7,9-10,16H,5,8,11-15,17H2,1H3. The summed E-state index contributed by atoms with van der Waals surface area (Å²) in [6, 6.07) is 15.4. The van der Waals surface area contributed by atoms with Gasteiger partial charge in [-0.1, -0.05) is 29.8 Å². The Balaban J connectivity index is 1.26. The molecule has 2 aliphatic heterocycles. The van der Waals surface area contributed by atoms with Gasteiger partial charge in [-0.15, -0.1) is 0 Å². The number of likely N-dealkylation sites (tertiary alicyclic amines) is 1. The van der Waals surface area contributed by atoms with Gasteiger partial charge in [-0.2, -0.15) is 0 Å². The molecule has 5 heteroatoms. The fourth-order valence-corrected chi connectivity index (χ4v) is 4.14. The van der Waals surface area contributed by atoms with E-state index in [0.717, 1.165) is 11.3 Å². The molecule has 29 heavy (non-hydrogen) atoms. The number of aryl methyl sites for hydroxylation is 1. The molecule has 0 radical (unpaired) electrons. The lowest BCUT2D eigenvalue weighted by molar-refractivity contribution is -0.135. The molecule has 0 aliphatic carbocycles. The first kappa shape index (κ1) is 19.5. The minimum atomic E-state index is -0.466. The first-order valence-electron chi connectivity index (χ1n) is 10.3. The number of hydrogen-bond acceptors (Lipinski definition) is 4. The van der Waals surface area contributed by atoms with Gasteiger partial charge in [0.2, 0.25) is 5.91 Å². The number of carbonyl (C=O) groups is 2. The topological polar surface area (TPSA) is 55.8 Å². The van der Waals surface area contributed by atoms with Crippen molar-refractivity contribution >= 4 is 11.7 Å². The number of para-hydroxylation sites is 1. The lowest BCUT2D eigenvalue weighted by Crippen LogP contribution is -2.52. The smallest absolute Gasteiger partial charge is 0.222 e. The van der Waals surface area contributed by atoms with Crippen molar-refractivity contribution < 1.29 is 19.1 Å². The number of fused-ring (bicyclic) bond motifs is 1. The van der Waals surface area contributed by atoms with Crippen LogP contribution in [-0.2, 0) is 4.79 Å². The second kappa shape index (κ2) is 8.27. The maximum Gasteiger partial charge on any atom is 0.222 e. The van der Waals surface area contributed by atoms with E-state index in [-0.39, 0.29) is 11.7 Å². The van der Waals surface area contributed by atoms with Crippen LogP contribution in [0, 0.1) is 6.92 Å². The highest BCUT2D eigenvalue weighted by Crippen LogP contribution is 2.39. The van der Waals surface area contributed by atoms with Gasteiger partial charge in [0.15, 0.2) is 5.78 Å². The highest BCUT2D eigenvalue weighted by molar-refractivity contribution is 6.00. The minimum absolute atomic E-state index is 0.146. The summed E-state index contributed by atoms with van der Waals surface area (Å²) < 4.78 is 11.9. The molecule has 1 saturated heterocycles. The summed E-state index contributed by atoms with van der Waals surface area (Å²) in [7, 11) is 0. The summed E-state index contributed by atoms with van der Waals surface area (Å²) in [4.78, 5) is 27.1. The van der Waals surface area contributed by atoms with Crippen LogP contribution in [-0.4, -0.2) is 41.9 Å². The maximum absolute atomic E-state index is 12.6. The summed E-state index contributed by atoms with van der Waals surface area (Å²) in [5.74, 6) is 1.81. The Morgan fingerprint density at radius 2 is 1.90 bits per heavy atom. The van der Waals surface area contributed by atoms with E-state index >= 15 is 0 Å². The Hall–Kier alpha value is -2.82. The van der Waals surface area contributed by atoms with Gasteiger partial charge < -0.3 is 14.4 Å². The second-order valence-electron chi connectivity index (χ2n) is 8.03. The van der Waals surface area contributed by atoms with E-state index in [0.29, 0.717) is 63.1 Å². The number of piperidine rings is 1. The largest absolute Gasteiger partial charge is 0.494 e. The van der Waals surface area contributed by atoms with Gasteiger partial charge >= 0.3 is 0 Å². The molecule has 1 spiro atoms. The fourth-order valence-electron chi connectivity index (χ4n) is 4.14. The Morgan fingerprint density at radius 3 is 2.66 bits per heavy atom. The summed E-state index contributed by atoms with van der Waals surface area (Å²) in [6.45, 7) is 3.77. The molecule has 2 aromatic rings. The number of amides is 1. The van der Waals surface area contributed by atoms with Crippen molar-refractivity contribution in [3.8, 4) is 11.5 Å². The first-order chi connectivity index (χ1) is 14.0. The molecular formula is C24H27NO4. The number of hydrogen-bond donors (Lipinski definition) is 0. The molecule has 0 N–H and O–H groups in total. The van der Waals surface area contributed by atoms with Crippen LogP contribution in [0.15, 0.2) is 48.5 Å². The predicted molar refractivity (Wildman–Crippen MR) is 110 cm³/mol. The normalized spacial score (nSPS) is 17.6. The van der Waals surface area contributed by atoms with E-state index in [9.17, 15) is 9.59 Å². The van der Waals surface area contributed by atoms with Gasteiger partial charge in [0.1, 0.15) is 17.1 Å². The number of carbonyl (C=O) groups excluding carboxylic acids is 2. The summed E-state index contributed by atoms with van der Waals surface area (Å²) in [5, 5.41) is 0. The van der Waals surface area contributed by atoms with Crippen LogP contribution in [0.2, 0.25) is 0 Å². The predicted octanol–water partition coefficient (Wildman–Crippen LogP) is 4.18. The summed E-state index contributed by atoms with van der Waals surface area (Å²) in [5.41, 5.74) is 1.29. The lowest BCUT2D eigenvalue weighted by Gasteiger charge is -2.44. The van der Waals surface area contributed by atoms with Crippen LogP contribution in [0.3, 0.4) is 0 Å². The average molecular weight is 393 g/mol. The average Bonchev–Trinajstić information content (AvgIpc) is 2.73. The zero-order valence-corrected chi connectivity index (χ0v) is 16.9. The molecule has 2 heterocycles. The molecule has 0 bridgehead atoms. The van der Waals surface area contributed by atoms with Crippen molar-refractivity contribution in [3.63, 3.8) is 0 Å². The molecule has 2 aromatic carbocycles. The Kier molecular flexibility index (Phi) is 5.56. The van der Waals surface area contributed by atoms with Gasteiger partial charge in [-0.05, 0) is 37.6 Å². The van der Waals surface area contributed by atoms with Gasteiger partial charge in [-0.25, -0.2) is 0 Å². The molecule has 0 atom stereocenters. The number of benzene rings is 2. The number of ether oxygens (including phenoxy) is 2. The molecule has 2 aliphatic rings. The number of nitrogens with zero attached hydrogens (tertiary/aromatic N) is 1. The third-order valence-corrected chi connectivity index (χ3v) is 5.82. The first-order valence-corrected chi connectivity index (χ1v) is 10.3. The van der Waals surface area contributed by atoms with Crippen LogP contribution < -0.4 is 9.47 Å². The number of Topliss-reactive ketones (excluding diaryl/α,β-unsaturated/α-hetero) is 1. The number of rotatable bonds is 5. The third kappa shape index (κ3) is 4.44. The molecule has 152 valence electrons. The highest BCUT2D eigenvalue weighted by Gasteiger charge is 2.43. The Bertz CT molecular complexity index is 885. The van der Waals surface area contributed by atoms with Crippen LogP contribution in [0.4, 0.5) is 0 Å². The Labute approximate surface area is 171 Å². The maximum atomic E-state index is 12.6. The van der Waals surface area contributed by atoms with Crippen LogP contribution in [0.25, 0.3) is 0 Å². The van der Waals surface area contributed by atoms with E-state index in [1.807, 2.05) is 60.4 Å². The SMILES string of the molecule is Cc1ccc2c(c1)C(=O)CC1(CCN(C(=O)CCCOc3ccccc3)CC1)O2. The highest BCUT2D eigenvalue weighted by atomic mass is 16.5. The zero-order valence-electron chi connectivity index (χ0n) is 16.9. The van der Waals surface area contributed by atoms with Crippen molar-refractivity contribution in [2.24, 2.45) is 0 Å². The monoisotopic (exact) mass is 393 g/mol. The lowest BCUT2D eigenvalue weighted by atomic mass is 9.82. The van der Waals surface area contributed by atoms with E-state index in [1.165, 1.54) is 0 Å². The van der Waals surface area contributed by atoms with Crippen LogP contribution in [0.1, 0.15) is 48.0 Å². The quantitative estimate of drug-likeness (QED) is 0.715. The van der Waals surface area contributed by atoms with Gasteiger partial charge in [-0.3, -0.25) is 9.59 Å². The molecule has 0 saturated carbocycles. The van der Waals surface area contributed by atoms with Crippen molar-refractivity contribution in [3.05, 3.63) is 59.7 Å². The zero-order chi connectivity index (χ0) is 20.3.